The maximum Gasteiger partial charge on any atom is 0.197 e. The molecule has 0 atom stereocenters. The van der Waals surface area contributed by atoms with E-state index in [2.05, 4.69) is 50.9 Å². The number of likely N-dealkylation sites (N-methyl/N-ethyl adjacent to an activating group) is 1. The van der Waals surface area contributed by atoms with Gasteiger partial charge in [-0.05, 0) is 50.1 Å². The zero-order valence-electron chi connectivity index (χ0n) is 15.5. The largest absolute Gasteiger partial charge is 0.366 e. The molecule has 1 heterocycles. The van der Waals surface area contributed by atoms with Crippen molar-refractivity contribution in [1.29, 1.82) is 0 Å². The predicted molar refractivity (Wildman–Crippen MR) is 106 cm³/mol. The lowest BCUT2D eigenvalue weighted by Crippen LogP contribution is -2.42. The van der Waals surface area contributed by atoms with Crippen LogP contribution in [-0.2, 0) is 0 Å². The lowest BCUT2D eigenvalue weighted by molar-refractivity contribution is 0.0990. The highest BCUT2D eigenvalue weighted by Gasteiger charge is 2.33. The van der Waals surface area contributed by atoms with E-state index < -0.39 is 0 Å². The molecule has 4 rings (SSSR count). The molecule has 0 saturated heterocycles. The number of ketones is 2. The number of benzene rings is 2. The zero-order chi connectivity index (χ0) is 18.6. The van der Waals surface area contributed by atoms with Crippen molar-refractivity contribution in [2.75, 3.05) is 11.9 Å². The van der Waals surface area contributed by atoms with Gasteiger partial charge < -0.3 is 4.90 Å². The fraction of sp³-hybridized carbons (Fsp3) is 0.217. The van der Waals surface area contributed by atoms with Gasteiger partial charge in [0.25, 0.3) is 0 Å². The molecule has 0 radical (unpaired) electrons. The summed E-state index contributed by atoms with van der Waals surface area (Å²) in [6.45, 7) is 6.47. The van der Waals surface area contributed by atoms with Gasteiger partial charge in [-0.25, -0.2) is 0 Å². The van der Waals surface area contributed by atoms with Crippen LogP contribution in [0.25, 0.3) is 11.6 Å². The average Bonchev–Trinajstić information content (AvgIpc) is 2.85. The van der Waals surface area contributed by atoms with Crippen molar-refractivity contribution in [2.45, 2.75) is 26.3 Å². The molecule has 130 valence electrons. The molecule has 26 heavy (non-hydrogen) atoms. The molecule has 1 aliphatic carbocycles. The summed E-state index contributed by atoms with van der Waals surface area (Å²) in [7, 11) is 2.08. The molecule has 2 aliphatic rings. The number of carbonyl (C=O) groups is 2. The van der Waals surface area contributed by atoms with Crippen LogP contribution < -0.4 is 4.90 Å². The first-order chi connectivity index (χ1) is 12.3. The van der Waals surface area contributed by atoms with Crippen molar-refractivity contribution in [3.63, 3.8) is 0 Å². The Hall–Kier alpha value is -2.94. The van der Waals surface area contributed by atoms with Gasteiger partial charge in [-0.2, -0.15) is 0 Å². The van der Waals surface area contributed by atoms with Crippen molar-refractivity contribution >= 4 is 28.9 Å². The first-order valence-electron chi connectivity index (χ1n) is 8.77. The molecule has 0 saturated carbocycles. The number of anilines is 1. The van der Waals surface area contributed by atoms with E-state index in [1.54, 1.807) is 30.3 Å². The number of hydrogen-bond acceptors (Lipinski definition) is 3. The van der Waals surface area contributed by atoms with Crippen LogP contribution in [0.2, 0.25) is 0 Å². The maximum absolute atomic E-state index is 12.6. The van der Waals surface area contributed by atoms with Gasteiger partial charge in [0, 0.05) is 29.4 Å². The molecule has 0 aromatic heterocycles. The topological polar surface area (TPSA) is 37.4 Å². The third-order valence-electron chi connectivity index (χ3n) is 5.46. The van der Waals surface area contributed by atoms with Gasteiger partial charge in [0.2, 0.25) is 0 Å². The van der Waals surface area contributed by atoms with E-state index >= 15 is 0 Å². The van der Waals surface area contributed by atoms with Gasteiger partial charge in [0.1, 0.15) is 0 Å². The van der Waals surface area contributed by atoms with Crippen LogP contribution in [0.3, 0.4) is 0 Å². The molecule has 1 aliphatic heterocycles. The van der Waals surface area contributed by atoms with Crippen LogP contribution in [0.1, 0.15) is 52.6 Å². The molecule has 2 aromatic rings. The molecule has 2 aromatic carbocycles. The summed E-state index contributed by atoms with van der Waals surface area (Å²) in [5, 5.41) is 0. The SMILES string of the molecule is CC1=CC(C)(C)N(C)c2ccc(C=C3C(=O)c4ccccc4C3=O)cc21. The van der Waals surface area contributed by atoms with Crippen molar-refractivity contribution in [3.05, 3.63) is 76.4 Å². The van der Waals surface area contributed by atoms with E-state index in [1.807, 2.05) is 6.07 Å². The van der Waals surface area contributed by atoms with Gasteiger partial charge in [0.15, 0.2) is 11.6 Å². The van der Waals surface area contributed by atoms with Crippen LogP contribution in [0.5, 0.6) is 0 Å². The number of allylic oxidation sites excluding steroid dienone is 2. The maximum atomic E-state index is 12.6. The molecule has 3 nitrogen and oxygen atoms in total. The van der Waals surface area contributed by atoms with Crippen molar-refractivity contribution in [3.8, 4) is 0 Å². The highest BCUT2D eigenvalue weighted by Crippen LogP contribution is 2.38. The van der Waals surface area contributed by atoms with E-state index in [0.29, 0.717) is 11.1 Å². The van der Waals surface area contributed by atoms with E-state index in [9.17, 15) is 9.59 Å². The molecule has 0 fully saturated rings. The first kappa shape index (κ1) is 16.5. The fourth-order valence-corrected chi connectivity index (χ4v) is 3.84. The zero-order valence-corrected chi connectivity index (χ0v) is 15.5. The van der Waals surface area contributed by atoms with Crippen LogP contribution in [0.4, 0.5) is 5.69 Å². The van der Waals surface area contributed by atoms with Gasteiger partial charge >= 0.3 is 0 Å². The normalized spacial score (nSPS) is 17.8. The van der Waals surface area contributed by atoms with Gasteiger partial charge in [-0.1, -0.05) is 36.4 Å². The summed E-state index contributed by atoms with van der Waals surface area (Å²) in [4.78, 5) is 27.4. The van der Waals surface area contributed by atoms with Crippen LogP contribution >= 0.6 is 0 Å². The first-order valence-corrected chi connectivity index (χ1v) is 8.77. The second kappa shape index (κ2) is 5.53. The standard InChI is InChI=1S/C23H21NO2/c1-14-13-23(2,3)24(4)20-10-9-15(11-18(14)20)12-19-21(25)16-7-5-6-8-17(16)22(19)26/h5-13H,1-4H3. The molecule has 0 N–H and O–H groups in total. The highest BCUT2D eigenvalue weighted by molar-refractivity contribution is 6.41. The molecule has 0 spiro atoms. The molecule has 0 bridgehead atoms. The number of carbonyl (C=O) groups excluding carboxylic acids is 2. The molecular weight excluding hydrogens is 322 g/mol. The summed E-state index contributed by atoms with van der Waals surface area (Å²) in [6.07, 6.45) is 3.96. The summed E-state index contributed by atoms with van der Waals surface area (Å²) < 4.78 is 0. The summed E-state index contributed by atoms with van der Waals surface area (Å²) in [5.74, 6) is -0.373. The monoisotopic (exact) mass is 343 g/mol. The second-order valence-corrected chi connectivity index (χ2v) is 7.58. The third kappa shape index (κ3) is 2.35. The Balaban J connectivity index is 1.78. The fourth-order valence-electron chi connectivity index (χ4n) is 3.84. The lowest BCUT2D eigenvalue weighted by Gasteiger charge is -2.40. The number of nitrogens with zero attached hydrogens (tertiary/aromatic N) is 1. The van der Waals surface area contributed by atoms with E-state index in [0.717, 1.165) is 16.8 Å². The van der Waals surface area contributed by atoms with Crippen LogP contribution in [0, 0.1) is 0 Å². The smallest absolute Gasteiger partial charge is 0.197 e. The van der Waals surface area contributed by atoms with E-state index in [1.165, 1.54) is 5.57 Å². The molecule has 3 heteroatoms. The van der Waals surface area contributed by atoms with Crippen LogP contribution in [0.15, 0.2) is 54.1 Å². The van der Waals surface area contributed by atoms with Crippen molar-refractivity contribution in [1.82, 2.24) is 0 Å². The second-order valence-electron chi connectivity index (χ2n) is 7.58. The van der Waals surface area contributed by atoms with Crippen molar-refractivity contribution < 1.29 is 9.59 Å². The number of rotatable bonds is 1. The lowest BCUT2D eigenvalue weighted by atomic mass is 9.88. The minimum absolute atomic E-state index is 0.0455. The van der Waals surface area contributed by atoms with Crippen LogP contribution in [-0.4, -0.2) is 24.2 Å². The predicted octanol–water partition coefficient (Wildman–Crippen LogP) is 4.78. The van der Waals surface area contributed by atoms with Gasteiger partial charge in [0.05, 0.1) is 11.1 Å². The van der Waals surface area contributed by atoms with E-state index in [-0.39, 0.29) is 22.7 Å². The molecule has 0 amide bonds. The minimum atomic E-state index is -0.186. The highest BCUT2D eigenvalue weighted by atomic mass is 16.2. The summed E-state index contributed by atoms with van der Waals surface area (Å²) >= 11 is 0. The number of hydrogen-bond donors (Lipinski definition) is 0. The van der Waals surface area contributed by atoms with Gasteiger partial charge in [-0.3, -0.25) is 9.59 Å². The number of Topliss-reactive ketones (excluding diaryl/α,β-unsaturated/α-hetero) is 2. The molecule has 0 unspecified atom stereocenters. The third-order valence-corrected chi connectivity index (χ3v) is 5.46. The molecular formula is C23H21NO2. The Morgan fingerprint density at radius 2 is 1.54 bits per heavy atom. The Morgan fingerprint density at radius 1 is 0.923 bits per heavy atom. The Labute approximate surface area is 153 Å². The minimum Gasteiger partial charge on any atom is -0.366 e. The quantitative estimate of drug-likeness (QED) is 0.552. The Bertz CT molecular complexity index is 987. The summed E-state index contributed by atoms with van der Waals surface area (Å²) in [5.41, 5.74) is 5.57. The number of fused-ring (bicyclic) bond motifs is 2. The Kier molecular flexibility index (Phi) is 3.52. The summed E-state index contributed by atoms with van der Waals surface area (Å²) in [6, 6.07) is 13.1. The van der Waals surface area contributed by atoms with Gasteiger partial charge in [-0.15, -0.1) is 0 Å². The Morgan fingerprint density at radius 3 is 2.15 bits per heavy atom. The van der Waals surface area contributed by atoms with Crippen molar-refractivity contribution in [2.24, 2.45) is 0 Å². The van der Waals surface area contributed by atoms with E-state index in [4.69, 9.17) is 0 Å². The average molecular weight is 343 g/mol.